The fraction of sp³-hybridized carbons (Fsp3) is 0.304. The van der Waals surface area contributed by atoms with Crippen LogP contribution in [0.1, 0.15) is 37.1 Å². The molecular formula is C23H25N3O4S. The second kappa shape index (κ2) is 9.03. The molecular weight excluding hydrogens is 414 g/mol. The SMILES string of the molecule is CCOC(=O)Cn1ncc2c1CCC[C@H]2NS(=O)(=O)c1ccc(-c2ccccc2)cc1. The molecule has 0 saturated carbocycles. The Hall–Kier alpha value is -2.97. The number of nitrogens with zero attached hydrogens (tertiary/aromatic N) is 2. The van der Waals surface area contributed by atoms with Crippen LogP contribution >= 0.6 is 0 Å². The number of carbonyl (C=O) groups excluding carboxylic acids is 1. The highest BCUT2D eigenvalue weighted by molar-refractivity contribution is 7.89. The summed E-state index contributed by atoms with van der Waals surface area (Å²) < 4.78 is 35.5. The highest BCUT2D eigenvalue weighted by Crippen LogP contribution is 2.31. The van der Waals surface area contributed by atoms with Crippen LogP contribution in [0.5, 0.6) is 0 Å². The van der Waals surface area contributed by atoms with Gasteiger partial charge in [0.15, 0.2) is 0 Å². The average Bonchev–Trinajstić information content (AvgIpc) is 3.18. The summed E-state index contributed by atoms with van der Waals surface area (Å²) in [6.45, 7) is 2.10. The fourth-order valence-corrected chi connectivity index (χ4v) is 5.17. The van der Waals surface area contributed by atoms with Gasteiger partial charge in [0.05, 0.1) is 23.7 Å². The number of carbonyl (C=O) groups is 1. The van der Waals surface area contributed by atoms with Crippen molar-refractivity contribution >= 4 is 16.0 Å². The first-order valence-corrected chi connectivity index (χ1v) is 11.8. The lowest BCUT2D eigenvalue weighted by Crippen LogP contribution is -2.31. The minimum atomic E-state index is -3.70. The van der Waals surface area contributed by atoms with E-state index >= 15 is 0 Å². The lowest BCUT2D eigenvalue weighted by Gasteiger charge is -2.24. The van der Waals surface area contributed by atoms with Gasteiger partial charge in [0.25, 0.3) is 0 Å². The summed E-state index contributed by atoms with van der Waals surface area (Å²) in [5.74, 6) is -0.352. The van der Waals surface area contributed by atoms with E-state index in [1.54, 1.807) is 29.9 Å². The largest absolute Gasteiger partial charge is 0.465 e. The zero-order valence-corrected chi connectivity index (χ0v) is 18.1. The molecule has 2 aromatic carbocycles. The third-order valence-electron chi connectivity index (χ3n) is 5.42. The maximum atomic E-state index is 13.0. The average molecular weight is 440 g/mol. The number of esters is 1. The van der Waals surface area contributed by atoms with Crippen LogP contribution in [0.25, 0.3) is 11.1 Å². The summed E-state index contributed by atoms with van der Waals surface area (Å²) in [6, 6.07) is 16.3. The van der Waals surface area contributed by atoms with Crippen LogP contribution in [-0.2, 0) is 32.5 Å². The first-order chi connectivity index (χ1) is 15.0. The molecule has 8 heteroatoms. The van der Waals surface area contributed by atoms with Crippen molar-refractivity contribution in [2.24, 2.45) is 0 Å². The topological polar surface area (TPSA) is 90.3 Å². The van der Waals surface area contributed by atoms with Crippen molar-refractivity contribution in [2.75, 3.05) is 6.61 Å². The van der Waals surface area contributed by atoms with Crippen molar-refractivity contribution in [3.05, 3.63) is 72.1 Å². The minimum absolute atomic E-state index is 0.0313. The molecule has 1 heterocycles. The molecule has 1 aliphatic rings. The van der Waals surface area contributed by atoms with Gasteiger partial charge in [-0.1, -0.05) is 42.5 Å². The van der Waals surface area contributed by atoms with Crippen LogP contribution in [0.4, 0.5) is 0 Å². The Kier molecular flexibility index (Phi) is 6.20. The summed E-state index contributed by atoms with van der Waals surface area (Å²) in [7, 11) is -3.70. The summed E-state index contributed by atoms with van der Waals surface area (Å²) in [6.07, 6.45) is 3.89. The first kappa shape index (κ1) is 21.3. The number of ether oxygens (including phenoxy) is 1. The molecule has 1 atom stereocenters. The van der Waals surface area contributed by atoms with Gasteiger partial charge in [-0.2, -0.15) is 5.10 Å². The molecule has 0 saturated heterocycles. The number of fused-ring (bicyclic) bond motifs is 1. The third kappa shape index (κ3) is 4.70. The Morgan fingerprint density at radius 1 is 1.13 bits per heavy atom. The quantitative estimate of drug-likeness (QED) is 0.570. The molecule has 3 aromatic rings. The molecule has 0 unspecified atom stereocenters. The van der Waals surface area contributed by atoms with Crippen molar-refractivity contribution in [1.82, 2.24) is 14.5 Å². The second-order valence-corrected chi connectivity index (χ2v) is 9.18. The van der Waals surface area contributed by atoms with E-state index in [2.05, 4.69) is 9.82 Å². The number of aromatic nitrogens is 2. The van der Waals surface area contributed by atoms with Crippen molar-refractivity contribution in [3.63, 3.8) is 0 Å². The molecule has 162 valence electrons. The monoisotopic (exact) mass is 439 g/mol. The van der Waals surface area contributed by atoms with Crippen LogP contribution < -0.4 is 4.72 Å². The Morgan fingerprint density at radius 3 is 2.55 bits per heavy atom. The number of nitrogens with one attached hydrogen (secondary N) is 1. The standard InChI is InChI=1S/C23H25N3O4S/c1-2-30-23(27)16-26-22-10-6-9-21(20(22)15-24-26)25-31(28,29)19-13-11-18(12-14-19)17-7-4-3-5-8-17/h3-5,7-8,11-15,21,25H,2,6,9-10,16H2,1H3/t21-/m1/s1. The summed E-state index contributed by atoms with van der Waals surface area (Å²) >= 11 is 0. The summed E-state index contributed by atoms with van der Waals surface area (Å²) in [5, 5.41) is 4.30. The normalized spacial score (nSPS) is 16.0. The Balaban J connectivity index is 1.52. The maximum absolute atomic E-state index is 13.0. The zero-order chi connectivity index (χ0) is 21.8. The van der Waals surface area contributed by atoms with E-state index in [-0.39, 0.29) is 23.5 Å². The Labute approximate surface area is 182 Å². The van der Waals surface area contributed by atoms with Crippen LogP contribution in [0.2, 0.25) is 0 Å². The predicted octanol–water partition coefficient (Wildman–Crippen LogP) is 3.47. The van der Waals surface area contributed by atoms with E-state index in [1.165, 1.54) is 0 Å². The molecule has 4 rings (SSSR count). The lowest BCUT2D eigenvalue weighted by molar-refractivity contribution is -0.144. The van der Waals surface area contributed by atoms with Gasteiger partial charge in [-0.05, 0) is 49.4 Å². The molecule has 0 bridgehead atoms. The number of rotatable bonds is 7. The van der Waals surface area contributed by atoms with E-state index in [0.717, 1.165) is 35.2 Å². The molecule has 31 heavy (non-hydrogen) atoms. The number of benzene rings is 2. The van der Waals surface area contributed by atoms with Crippen molar-refractivity contribution in [2.45, 2.75) is 43.7 Å². The third-order valence-corrected chi connectivity index (χ3v) is 6.90. The minimum Gasteiger partial charge on any atom is -0.465 e. The van der Waals surface area contributed by atoms with E-state index in [1.807, 2.05) is 42.5 Å². The molecule has 1 N–H and O–H groups in total. The molecule has 0 aliphatic heterocycles. The summed E-state index contributed by atoms with van der Waals surface area (Å²) in [5.41, 5.74) is 3.69. The number of hydrogen-bond acceptors (Lipinski definition) is 5. The van der Waals surface area contributed by atoms with Crippen molar-refractivity contribution in [3.8, 4) is 11.1 Å². The summed E-state index contributed by atoms with van der Waals surface area (Å²) in [4.78, 5) is 12.0. The molecule has 1 aromatic heterocycles. The lowest BCUT2D eigenvalue weighted by atomic mass is 9.94. The first-order valence-electron chi connectivity index (χ1n) is 10.4. The zero-order valence-electron chi connectivity index (χ0n) is 17.3. The molecule has 0 radical (unpaired) electrons. The van der Waals surface area contributed by atoms with Crippen molar-refractivity contribution in [1.29, 1.82) is 0 Å². The molecule has 0 spiro atoms. The van der Waals surface area contributed by atoms with Crippen LogP contribution in [0.3, 0.4) is 0 Å². The van der Waals surface area contributed by atoms with Gasteiger partial charge in [0.2, 0.25) is 10.0 Å². The van der Waals surface area contributed by atoms with Gasteiger partial charge >= 0.3 is 5.97 Å². The smallest absolute Gasteiger partial charge is 0.327 e. The second-order valence-electron chi connectivity index (χ2n) is 7.47. The van der Waals surface area contributed by atoms with Gasteiger partial charge in [-0.25, -0.2) is 13.1 Å². The van der Waals surface area contributed by atoms with Crippen LogP contribution in [-0.4, -0.2) is 30.8 Å². The van der Waals surface area contributed by atoms with E-state index < -0.39 is 10.0 Å². The molecule has 1 aliphatic carbocycles. The van der Waals surface area contributed by atoms with E-state index in [0.29, 0.717) is 13.0 Å². The number of hydrogen-bond donors (Lipinski definition) is 1. The predicted molar refractivity (Wildman–Crippen MR) is 117 cm³/mol. The Morgan fingerprint density at radius 2 is 1.84 bits per heavy atom. The maximum Gasteiger partial charge on any atom is 0.327 e. The number of sulfonamides is 1. The van der Waals surface area contributed by atoms with Crippen LogP contribution in [0.15, 0.2) is 65.7 Å². The highest BCUT2D eigenvalue weighted by Gasteiger charge is 2.29. The van der Waals surface area contributed by atoms with Crippen LogP contribution in [0, 0.1) is 0 Å². The highest BCUT2D eigenvalue weighted by atomic mass is 32.2. The van der Waals surface area contributed by atoms with Gasteiger partial charge in [0, 0.05) is 11.3 Å². The van der Waals surface area contributed by atoms with Gasteiger partial charge in [-0.15, -0.1) is 0 Å². The molecule has 0 amide bonds. The molecule has 0 fully saturated rings. The van der Waals surface area contributed by atoms with E-state index in [9.17, 15) is 13.2 Å². The van der Waals surface area contributed by atoms with E-state index in [4.69, 9.17) is 4.74 Å². The van der Waals surface area contributed by atoms with Gasteiger partial charge < -0.3 is 4.74 Å². The fourth-order valence-electron chi connectivity index (χ4n) is 3.92. The van der Waals surface area contributed by atoms with Crippen molar-refractivity contribution < 1.29 is 17.9 Å². The van der Waals surface area contributed by atoms with Gasteiger partial charge in [0.1, 0.15) is 6.54 Å². The Bertz CT molecular complexity index is 1160. The van der Waals surface area contributed by atoms with Gasteiger partial charge in [-0.3, -0.25) is 9.48 Å². The molecule has 7 nitrogen and oxygen atoms in total.